The van der Waals surface area contributed by atoms with Crippen LogP contribution in [0.4, 0.5) is 0 Å². The Balaban J connectivity index is 1.33. The highest BCUT2D eigenvalue weighted by atomic mass is 32.2. The van der Waals surface area contributed by atoms with E-state index in [0.717, 1.165) is 38.7 Å². The van der Waals surface area contributed by atoms with Gasteiger partial charge in [0.25, 0.3) is 0 Å². The summed E-state index contributed by atoms with van der Waals surface area (Å²) >= 11 is 2.09. The van der Waals surface area contributed by atoms with Gasteiger partial charge < -0.3 is 14.8 Å². The van der Waals surface area contributed by atoms with Crippen LogP contribution in [0.15, 0.2) is 0 Å². The van der Waals surface area contributed by atoms with Crippen molar-refractivity contribution in [1.29, 1.82) is 0 Å². The quantitative estimate of drug-likeness (QED) is 0.675. The number of ether oxygens (including phenoxy) is 2. The monoisotopic (exact) mass is 259 g/mol. The zero-order valence-corrected chi connectivity index (χ0v) is 11.5. The van der Waals surface area contributed by atoms with E-state index < -0.39 is 0 Å². The van der Waals surface area contributed by atoms with E-state index in [1.807, 2.05) is 0 Å². The lowest BCUT2D eigenvalue weighted by molar-refractivity contribution is 0.0166. The molecule has 2 saturated heterocycles. The predicted molar refractivity (Wildman–Crippen MR) is 72.7 cm³/mol. The molecule has 0 spiro atoms. The van der Waals surface area contributed by atoms with Gasteiger partial charge in [-0.15, -0.1) is 0 Å². The van der Waals surface area contributed by atoms with Crippen molar-refractivity contribution in [2.24, 2.45) is 5.92 Å². The number of hydrogen-bond acceptors (Lipinski definition) is 4. The van der Waals surface area contributed by atoms with Crippen molar-refractivity contribution in [3.05, 3.63) is 0 Å². The second-order valence-corrected chi connectivity index (χ2v) is 6.15. The van der Waals surface area contributed by atoms with Crippen molar-refractivity contribution in [2.45, 2.75) is 31.8 Å². The molecule has 0 aromatic heterocycles. The van der Waals surface area contributed by atoms with Crippen molar-refractivity contribution < 1.29 is 9.47 Å². The molecular formula is C13H25NO2S. The van der Waals surface area contributed by atoms with Gasteiger partial charge >= 0.3 is 0 Å². The summed E-state index contributed by atoms with van der Waals surface area (Å²) in [6.07, 6.45) is 5.27. The van der Waals surface area contributed by atoms with E-state index in [9.17, 15) is 0 Å². The molecule has 2 rings (SSSR count). The van der Waals surface area contributed by atoms with Crippen molar-refractivity contribution in [1.82, 2.24) is 5.32 Å². The first-order valence-corrected chi connectivity index (χ1v) is 8.08. The lowest BCUT2D eigenvalue weighted by Crippen LogP contribution is -2.25. The second-order valence-electron chi connectivity index (χ2n) is 5.00. The van der Waals surface area contributed by atoms with Gasteiger partial charge in [0.1, 0.15) is 0 Å². The Bertz CT molecular complexity index is 172. The molecule has 0 saturated carbocycles. The molecule has 2 aliphatic heterocycles. The topological polar surface area (TPSA) is 30.5 Å². The Kier molecular flexibility index (Phi) is 6.71. The van der Waals surface area contributed by atoms with Gasteiger partial charge in [-0.3, -0.25) is 0 Å². The summed E-state index contributed by atoms with van der Waals surface area (Å²) in [6, 6.07) is 0. The Morgan fingerprint density at radius 1 is 1.35 bits per heavy atom. The van der Waals surface area contributed by atoms with Crippen molar-refractivity contribution >= 4 is 11.8 Å². The summed E-state index contributed by atoms with van der Waals surface area (Å²) in [5.74, 6) is 3.62. The number of thioether (sulfide) groups is 1. The van der Waals surface area contributed by atoms with E-state index in [1.54, 1.807) is 0 Å². The van der Waals surface area contributed by atoms with Gasteiger partial charge in [-0.2, -0.15) is 11.8 Å². The van der Waals surface area contributed by atoms with Gasteiger partial charge in [-0.25, -0.2) is 0 Å². The molecule has 0 aromatic carbocycles. The second kappa shape index (κ2) is 8.35. The van der Waals surface area contributed by atoms with Crippen LogP contribution in [-0.2, 0) is 9.47 Å². The first-order valence-electron chi connectivity index (χ1n) is 6.93. The molecule has 2 aliphatic rings. The summed E-state index contributed by atoms with van der Waals surface area (Å²) < 4.78 is 11.1. The largest absolute Gasteiger partial charge is 0.379 e. The van der Waals surface area contributed by atoms with Gasteiger partial charge in [0.2, 0.25) is 0 Å². The zero-order chi connectivity index (χ0) is 11.8. The van der Waals surface area contributed by atoms with Crippen molar-refractivity contribution in [3.63, 3.8) is 0 Å². The molecule has 3 nitrogen and oxygen atoms in total. The van der Waals surface area contributed by atoms with Crippen LogP contribution in [0.3, 0.4) is 0 Å². The molecule has 0 aliphatic carbocycles. The van der Waals surface area contributed by atoms with Crippen LogP contribution in [0.1, 0.15) is 25.7 Å². The lowest BCUT2D eigenvalue weighted by Gasteiger charge is -2.11. The average molecular weight is 259 g/mol. The summed E-state index contributed by atoms with van der Waals surface area (Å²) in [4.78, 5) is 0. The Morgan fingerprint density at radius 3 is 3.12 bits per heavy atom. The van der Waals surface area contributed by atoms with E-state index in [1.165, 1.54) is 37.3 Å². The summed E-state index contributed by atoms with van der Waals surface area (Å²) in [5, 5.41) is 3.53. The fourth-order valence-corrected chi connectivity index (χ4v) is 3.62. The molecule has 0 aromatic rings. The normalized spacial score (nSPS) is 28.9. The molecule has 2 fully saturated rings. The first kappa shape index (κ1) is 13.7. The maximum Gasteiger partial charge on any atom is 0.0809 e. The molecule has 1 N–H and O–H groups in total. The molecule has 100 valence electrons. The fourth-order valence-electron chi connectivity index (χ4n) is 2.34. The third kappa shape index (κ3) is 5.60. The van der Waals surface area contributed by atoms with Gasteiger partial charge in [-0.1, -0.05) is 0 Å². The Labute approximate surface area is 109 Å². The maximum absolute atomic E-state index is 5.62. The Morgan fingerprint density at radius 2 is 2.35 bits per heavy atom. The highest BCUT2D eigenvalue weighted by Gasteiger charge is 2.15. The van der Waals surface area contributed by atoms with E-state index in [0.29, 0.717) is 6.10 Å². The molecule has 2 atom stereocenters. The van der Waals surface area contributed by atoms with Crippen LogP contribution >= 0.6 is 11.8 Å². The van der Waals surface area contributed by atoms with E-state index in [-0.39, 0.29) is 0 Å². The number of nitrogens with one attached hydrogen (secondary N) is 1. The zero-order valence-electron chi connectivity index (χ0n) is 10.7. The summed E-state index contributed by atoms with van der Waals surface area (Å²) in [7, 11) is 0. The van der Waals surface area contributed by atoms with Crippen molar-refractivity contribution in [3.8, 4) is 0 Å². The molecule has 0 radical (unpaired) electrons. The SMILES string of the molecule is C(CNCC1CCSC1)COCC1CCCO1. The number of rotatable bonds is 8. The third-order valence-electron chi connectivity index (χ3n) is 3.43. The van der Waals surface area contributed by atoms with Gasteiger partial charge in [-0.05, 0) is 56.2 Å². The smallest absolute Gasteiger partial charge is 0.0809 e. The molecule has 2 heterocycles. The molecule has 17 heavy (non-hydrogen) atoms. The van der Waals surface area contributed by atoms with Crippen LogP contribution in [0.5, 0.6) is 0 Å². The van der Waals surface area contributed by atoms with Crippen LogP contribution in [-0.4, -0.2) is 50.5 Å². The van der Waals surface area contributed by atoms with Crippen LogP contribution < -0.4 is 5.32 Å². The molecule has 0 amide bonds. The van der Waals surface area contributed by atoms with Gasteiger partial charge in [0, 0.05) is 13.2 Å². The lowest BCUT2D eigenvalue weighted by atomic mass is 10.1. The van der Waals surface area contributed by atoms with Crippen LogP contribution in [0.25, 0.3) is 0 Å². The minimum Gasteiger partial charge on any atom is -0.379 e. The molecular weight excluding hydrogens is 234 g/mol. The Hall–Kier alpha value is 0.230. The summed E-state index contributed by atoms with van der Waals surface area (Å²) in [5.41, 5.74) is 0. The van der Waals surface area contributed by atoms with Gasteiger partial charge in [0.15, 0.2) is 0 Å². The highest BCUT2D eigenvalue weighted by molar-refractivity contribution is 7.99. The average Bonchev–Trinajstić information content (AvgIpc) is 3.00. The van der Waals surface area contributed by atoms with E-state index >= 15 is 0 Å². The standard InChI is InChI=1S/C13H25NO2S/c1-3-13(16-7-1)10-15-6-2-5-14-9-12-4-8-17-11-12/h12-14H,1-11H2. The molecule has 0 bridgehead atoms. The third-order valence-corrected chi connectivity index (χ3v) is 4.66. The van der Waals surface area contributed by atoms with E-state index in [2.05, 4.69) is 17.1 Å². The first-order chi connectivity index (χ1) is 8.45. The molecule has 4 heteroatoms. The minimum absolute atomic E-state index is 0.374. The maximum atomic E-state index is 5.62. The predicted octanol–water partition coefficient (Wildman–Crippen LogP) is 1.91. The van der Waals surface area contributed by atoms with Crippen LogP contribution in [0, 0.1) is 5.92 Å². The highest BCUT2D eigenvalue weighted by Crippen LogP contribution is 2.22. The van der Waals surface area contributed by atoms with E-state index in [4.69, 9.17) is 9.47 Å². The fraction of sp³-hybridized carbons (Fsp3) is 1.00. The number of hydrogen-bond donors (Lipinski definition) is 1. The van der Waals surface area contributed by atoms with Crippen molar-refractivity contribution in [2.75, 3.05) is 44.4 Å². The summed E-state index contributed by atoms with van der Waals surface area (Å²) in [6.45, 7) is 4.87. The minimum atomic E-state index is 0.374. The van der Waals surface area contributed by atoms with Gasteiger partial charge in [0.05, 0.1) is 12.7 Å². The molecule has 2 unspecified atom stereocenters. The van der Waals surface area contributed by atoms with Crippen LogP contribution in [0.2, 0.25) is 0 Å².